The Balaban J connectivity index is 2.40. The first-order valence-corrected chi connectivity index (χ1v) is 7.03. The predicted molar refractivity (Wildman–Crippen MR) is 73.4 cm³/mol. The quantitative estimate of drug-likeness (QED) is 0.898. The van der Waals surface area contributed by atoms with E-state index in [1.807, 2.05) is 17.8 Å². The normalized spacial score (nSPS) is 13.1. The minimum absolute atomic E-state index is 0.256. The lowest BCUT2D eigenvalue weighted by Crippen LogP contribution is -2.26. The molecule has 84 valence electrons. The van der Waals surface area contributed by atoms with Crippen molar-refractivity contribution in [3.05, 3.63) is 34.3 Å². The highest BCUT2D eigenvalue weighted by atomic mass is 79.9. The van der Waals surface area contributed by atoms with Crippen LogP contribution in [0.5, 0.6) is 0 Å². The average Bonchev–Trinajstić information content (AvgIpc) is 2.15. The van der Waals surface area contributed by atoms with Crippen LogP contribution in [0.3, 0.4) is 0 Å². The van der Waals surface area contributed by atoms with Gasteiger partial charge in [0.1, 0.15) is 0 Å². The first-order chi connectivity index (χ1) is 7.08. The van der Waals surface area contributed by atoms with Crippen molar-refractivity contribution >= 4 is 27.7 Å². The number of nitrogens with two attached hydrogens (primary N) is 1. The van der Waals surface area contributed by atoms with Gasteiger partial charge >= 0.3 is 0 Å². The Bertz CT molecular complexity index is 301. The molecule has 0 aliphatic carbocycles. The molecular weight excluding hydrogens is 270 g/mol. The number of hydrogen-bond acceptors (Lipinski definition) is 2. The Morgan fingerprint density at radius 2 is 2.13 bits per heavy atom. The number of thioether (sulfide) groups is 1. The van der Waals surface area contributed by atoms with Crippen LogP contribution in [0, 0.1) is 0 Å². The number of benzene rings is 1. The molecule has 1 aromatic rings. The van der Waals surface area contributed by atoms with Crippen LogP contribution >= 0.6 is 27.7 Å². The van der Waals surface area contributed by atoms with Gasteiger partial charge < -0.3 is 5.73 Å². The third-order valence-corrected chi connectivity index (χ3v) is 3.81. The van der Waals surface area contributed by atoms with Crippen LogP contribution in [-0.4, -0.2) is 17.0 Å². The molecule has 0 saturated heterocycles. The molecule has 1 aromatic carbocycles. The van der Waals surface area contributed by atoms with Crippen molar-refractivity contribution < 1.29 is 0 Å². The van der Waals surface area contributed by atoms with Gasteiger partial charge in [-0.05, 0) is 29.4 Å². The lowest BCUT2D eigenvalue weighted by Gasteiger charge is -2.13. The lowest BCUT2D eigenvalue weighted by atomic mass is 10.1. The summed E-state index contributed by atoms with van der Waals surface area (Å²) < 4.78 is 1.13. The molecule has 1 atom stereocenters. The first-order valence-electron chi connectivity index (χ1n) is 5.19. The van der Waals surface area contributed by atoms with Crippen LogP contribution < -0.4 is 5.73 Å². The molecule has 15 heavy (non-hydrogen) atoms. The van der Waals surface area contributed by atoms with Crippen molar-refractivity contribution in [2.45, 2.75) is 31.6 Å². The molecular formula is C12H18BrNS. The standard InChI is InChI=1S/C12H18BrNS/c1-9(2)15-8-12(14)7-10-4-3-5-11(13)6-10/h3-6,9,12H,7-8,14H2,1-2H3. The van der Waals surface area contributed by atoms with Crippen molar-refractivity contribution in [1.29, 1.82) is 0 Å². The Hall–Kier alpha value is 0.01000. The Kier molecular flexibility index (Phi) is 5.72. The van der Waals surface area contributed by atoms with Gasteiger partial charge in [-0.15, -0.1) is 0 Å². The highest BCUT2D eigenvalue weighted by molar-refractivity contribution is 9.10. The van der Waals surface area contributed by atoms with Crippen LogP contribution in [0.4, 0.5) is 0 Å². The van der Waals surface area contributed by atoms with E-state index in [0.29, 0.717) is 5.25 Å². The van der Waals surface area contributed by atoms with E-state index in [4.69, 9.17) is 5.73 Å². The monoisotopic (exact) mass is 287 g/mol. The fourth-order valence-electron chi connectivity index (χ4n) is 1.34. The Morgan fingerprint density at radius 1 is 1.40 bits per heavy atom. The Labute approximate surface area is 105 Å². The summed E-state index contributed by atoms with van der Waals surface area (Å²) >= 11 is 5.39. The van der Waals surface area contributed by atoms with Crippen LogP contribution in [0.1, 0.15) is 19.4 Å². The van der Waals surface area contributed by atoms with E-state index in [1.165, 1.54) is 5.56 Å². The average molecular weight is 288 g/mol. The van der Waals surface area contributed by atoms with Crippen molar-refractivity contribution in [2.24, 2.45) is 5.73 Å². The van der Waals surface area contributed by atoms with E-state index >= 15 is 0 Å². The van der Waals surface area contributed by atoms with Gasteiger partial charge in [-0.3, -0.25) is 0 Å². The third kappa shape index (κ3) is 5.59. The zero-order chi connectivity index (χ0) is 11.3. The van der Waals surface area contributed by atoms with Crippen LogP contribution in [-0.2, 0) is 6.42 Å². The number of hydrogen-bond donors (Lipinski definition) is 1. The summed E-state index contributed by atoms with van der Waals surface area (Å²) in [6.07, 6.45) is 0.957. The van der Waals surface area contributed by atoms with Gasteiger partial charge in [0.2, 0.25) is 0 Å². The molecule has 1 nitrogen and oxygen atoms in total. The second kappa shape index (κ2) is 6.56. The number of rotatable bonds is 5. The summed E-state index contributed by atoms with van der Waals surface area (Å²) in [6, 6.07) is 8.62. The van der Waals surface area contributed by atoms with Gasteiger partial charge in [0, 0.05) is 16.3 Å². The van der Waals surface area contributed by atoms with Crippen molar-refractivity contribution in [1.82, 2.24) is 0 Å². The summed E-state index contributed by atoms with van der Waals surface area (Å²) in [5.74, 6) is 1.03. The minimum Gasteiger partial charge on any atom is -0.327 e. The maximum atomic E-state index is 6.07. The lowest BCUT2D eigenvalue weighted by molar-refractivity contribution is 0.747. The molecule has 0 saturated carbocycles. The van der Waals surface area contributed by atoms with Crippen molar-refractivity contribution in [3.63, 3.8) is 0 Å². The highest BCUT2D eigenvalue weighted by Gasteiger charge is 2.05. The second-order valence-corrected chi connectivity index (χ2v) is 6.50. The topological polar surface area (TPSA) is 26.0 Å². The molecule has 0 aliphatic heterocycles. The van der Waals surface area contributed by atoms with E-state index < -0.39 is 0 Å². The Morgan fingerprint density at radius 3 is 2.73 bits per heavy atom. The van der Waals surface area contributed by atoms with E-state index in [9.17, 15) is 0 Å². The molecule has 3 heteroatoms. The predicted octanol–water partition coefficient (Wildman–Crippen LogP) is 3.46. The summed E-state index contributed by atoms with van der Waals surface area (Å²) in [7, 11) is 0. The summed E-state index contributed by atoms with van der Waals surface area (Å²) in [4.78, 5) is 0. The SMILES string of the molecule is CC(C)SCC(N)Cc1cccc(Br)c1. The van der Waals surface area contributed by atoms with Gasteiger partial charge in [0.25, 0.3) is 0 Å². The van der Waals surface area contributed by atoms with E-state index in [0.717, 1.165) is 16.6 Å². The zero-order valence-corrected chi connectivity index (χ0v) is 11.6. The summed E-state index contributed by atoms with van der Waals surface area (Å²) in [5.41, 5.74) is 7.37. The van der Waals surface area contributed by atoms with Gasteiger partial charge in [-0.1, -0.05) is 41.9 Å². The zero-order valence-electron chi connectivity index (χ0n) is 9.24. The fraction of sp³-hybridized carbons (Fsp3) is 0.500. The third-order valence-electron chi connectivity index (χ3n) is 2.03. The van der Waals surface area contributed by atoms with Crippen molar-refractivity contribution in [3.8, 4) is 0 Å². The molecule has 1 rings (SSSR count). The molecule has 0 aliphatic rings. The molecule has 2 N–H and O–H groups in total. The van der Waals surface area contributed by atoms with E-state index in [2.05, 4.69) is 48.0 Å². The molecule has 0 heterocycles. The largest absolute Gasteiger partial charge is 0.327 e. The maximum Gasteiger partial charge on any atom is 0.0178 e. The van der Waals surface area contributed by atoms with Gasteiger partial charge in [0.15, 0.2) is 0 Å². The smallest absolute Gasteiger partial charge is 0.0178 e. The molecule has 0 fully saturated rings. The van der Waals surface area contributed by atoms with Crippen molar-refractivity contribution in [2.75, 3.05) is 5.75 Å². The summed E-state index contributed by atoms with van der Waals surface area (Å²) in [5, 5.41) is 0.665. The van der Waals surface area contributed by atoms with E-state index in [1.54, 1.807) is 0 Å². The highest BCUT2D eigenvalue weighted by Crippen LogP contribution is 2.15. The first kappa shape index (κ1) is 13.1. The molecule has 0 amide bonds. The van der Waals surface area contributed by atoms with Gasteiger partial charge in [-0.25, -0.2) is 0 Å². The van der Waals surface area contributed by atoms with E-state index in [-0.39, 0.29) is 6.04 Å². The molecule has 0 spiro atoms. The van der Waals surface area contributed by atoms with Crippen LogP contribution in [0.15, 0.2) is 28.7 Å². The number of halogens is 1. The minimum atomic E-state index is 0.256. The molecule has 1 unspecified atom stereocenters. The fourth-order valence-corrected chi connectivity index (χ4v) is 2.54. The maximum absolute atomic E-state index is 6.07. The summed E-state index contributed by atoms with van der Waals surface area (Å²) in [6.45, 7) is 4.41. The molecule has 0 aromatic heterocycles. The van der Waals surface area contributed by atoms with Crippen LogP contribution in [0.2, 0.25) is 0 Å². The van der Waals surface area contributed by atoms with Crippen LogP contribution in [0.25, 0.3) is 0 Å². The van der Waals surface area contributed by atoms with Gasteiger partial charge in [0.05, 0.1) is 0 Å². The molecule has 0 bridgehead atoms. The second-order valence-electron chi connectivity index (χ2n) is 3.98. The molecule has 0 radical (unpaired) electrons. The van der Waals surface area contributed by atoms with Gasteiger partial charge in [-0.2, -0.15) is 11.8 Å².